The van der Waals surface area contributed by atoms with Crippen molar-refractivity contribution in [2.45, 2.75) is 0 Å². The first-order valence-corrected chi connectivity index (χ1v) is 12.2. The van der Waals surface area contributed by atoms with Gasteiger partial charge in [0.05, 0.1) is 0 Å². The minimum absolute atomic E-state index is 0.196. The zero-order valence-electron chi connectivity index (χ0n) is 20.1. The van der Waals surface area contributed by atoms with E-state index >= 15 is 0 Å². The molecule has 0 saturated carbocycles. The number of hydrogen-bond acceptors (Lipinski definition) is 4. The molecule has 176 valence electrons. The van der Waals surface area contributed by atoms with Crippen LogP contribution in [0.4, 0.5) is 5.95 Å². The standard InChI is InChI=1S/C33H24N4/c34-33-36-31(29-18-8-15-26(21-29)24-12-5-2-6-13-24)35-32(37-33)30-19-9-17-28(22-30)27-16-7-14-25(20-27)23-10-3-1-4-11-23/h1-22H,(H2,34,35,36,37). The highest BCUT2D eigenvalue weighted by atomic mass is 15.1. The number of hydrogen-bond donors (Lipinski definition) is 1. The first-order valence-electron chi connectivity index (χ1n) is 12.2. The van der Waals surface area contributed by atoms with Crippen LogP contribution in [0.2, 0.25) is 0 Å². The lowest BCUT2D eigenvalue weighted by atomic mass is 9.98. The van der Waals surface area contributed by atoms with Crippen LogP contribution in [0.1, 0.15) is 0 Å². The summed E-state index contributed by atoms with van der Waals surface area (Å²) in [4.78, 5) is 13.7. The van der Waals surface area contributed by atoms with Gasteiger partial charge in [-0.2, -0.15) is 9.97 Å². The van der Waals surface area contributed by atoms with Crippen LogP contribution in [0.5, 0.6) is 0 Å². The van der Waals surface area contributed by atoms with Gasteiger partial charge in [0.25, 0.3) is 0 Å². The molecule has 6 aromatic rings. The number of rotatable bonds is 5. The van der Waals surface area contributed by atoms with E-state index in [1.54, 1.807) is 0 Å². The summed E-state index contributed by atoms with van der Waals surface area (Å²) in [5, 5.41) is 0. The Balaban J connectivity index is 1.37. The molecule has 4 nitrogen and oxygen atoms in total. The molecule has 0 spiro atoms. The molecule has 4 heteroatoms. The molecule has 0 bridgehead atoms. The highest BCUT2D eigenvalue weighted by molar-refractivity contribution is 5.76. The molecule has 0 radical (unpaired) electrons. The van der Waals surface area contributed by atoms with Crippen molar-refractivity contribution in [2.24, 2.45) is 0 Å². The molecule has 0 aliphatic rings. The van der Waals surface area contributed by atoms with Gasteiger partial charge >= 0.3 is 0 Å². The molecular weight excluding hydrogens is 452 g/mol. The summed E-state index contributed by atoms with van der Waals surface area (Å²) >= 11 is 0. The minimum atomic E-state index is 0.196. The molecule has 0 atom stereocenters. The third kappa shape index (κ3) is 4.86. The van der Waals surface area contributed by atoms with Gasteiger partial charge in [0, 0.05) is 11.1 Å². The molecule has 6 rings (SSSR count). The summed E-state index contributed by atoms with van der Waals surface area (Å²) in [6.45, 7) is 0. The molecule has 0 saturated heterocycles. The number of nitrogen functional groups attached to an aromatic ring is 1. The Morgan fingerprint density at radius 2 is 0.649 bits per heavy atom. The van der Waals surface area contributed by atoms with Crippen molar-refractivity contribution in [3.63, 3.8) is 0 Å². The SMILES string of the molecule is Nc1nc(-c2cccc(-c3ccccc3)c2)nc(-c2cccc(-c3cccc(-c4ccccc4)c3)c2)n1. The van der Waals surface area contributed by atoms with E-state index in [1.807, 2.05) is 48.5 Å². The highest BCUT2D eigenvalue weighted by Gasteiger charge is 2.11. The zero-order chi connectivity index (χ0) is 25.0. The van der Waals surface area contributed by atoms with Crippen LogP contribution in [0.15, 0.2) is 133 Å². The van der Waals surface area contributed by atoms with Gasteiger partial charge in [-0.1, -0.05) is 115 Å². The Hall–Kier alpha value is -5.09. The molecule has 2 N–H and O–H groups in total. The van der Waals surface area contributed by atoms with Gasteiger partial charge in [-0.15, -0.1) is 0 Å². The van der Waals surface area contributed by atoms with E-state index in [0.717, 1.165) is 33.4 Å². The molecule has 1 aromatic heterocycles. The Morgan fingerprint density at radius 3 is 1.08 bits per heavy atom. The van der Waals surface area contributed by atoms with Crippen LogP contribution in [0, 0.1) is 0 Å². The fraction of sp³-hybridized carbons (Fsp3) is 0. The van der Waals surface area contributed by atoms with Crippen molar-refractivity contribution >= 4 is 5.95 Å². The van der Waals surface area contributed by atoms with Crippen LogP contribution in [0.3, 0.4) is 0 Å². The average Bonchev–Trinajstić information content (AvgIpc) is 2.98. The quantitative estimate of drug-likeness (QED) is 0.276. The third-order valence-electron chi connectivity index (χ3n) is 6.30. The Kier molecular flexibility index (Phi) is 5.97. The Labute approximate surface area is 216 Å². The highest BCUT2D eigenvalue weighted by Crippen LogP contribution is 2.30. The number of anilines is 1. The fourth-order valence-corrected chi connectivity index (χ4v) is 4.47. The van der Waals surface area contributed by atoms with E-state index in [2.05, 4.69) is 94.9 Å². The normalized spacial score (nSPS) is 10.8. The van der Waals surface area contributed by atoms with Crippen molar-refractivity contribution in [1.29, 1.82) is 0 Å². The first-order chi connectivity index (χ1) is 18.2. The maximum Gasteiger partial charge on any atom is 0.224 e. The van der Waals surface area contributed by atoms with E-state index in [-0.39, 0.29) is 5.95 Å². The van der Waals surface area contributed by atoms with Crippen molar-refractivity contribution < 1.29 is 0 Å². The lowest BCUT2D eigenvalue weighted by Gasteiger charge is -2.10. The zero-order valence-corrected chi connectivity index (χ0v) is 20.1. The van der Waals surface area contributed by atoms with Crippen LogP contribution in [-0.2, 0) is 0 Å². The summed E-state index contributed by atoms with van der Waals surface area (Å²) in [6.07, 6.45) is 0. The van der Waals surface area contributed by atoms with Gasteiger partial charge in [0.15, 0.2) is 11.6 Å². The molecule has 0 fully saturated rings. The largest absolute Gasteiger partial charge is 0.368 e. The van der Waals surface area contributed by atoms with Gasteiger partial charge < -0.3 is 5.73 Å². The summed E-state index contributed by atoms with van der Waals surface area (Å²) in [5.41, 5.74) is 14.7. The molecule has 0 aliphatic heterocycles. The second-order valence-corrected chi connectivity index (χ2v) is 8.82. The Bertz CT molecular complexity index is 1680. The van der Waals surface area contributed by atoms with E-state index in [9.17, 15) is 0 Å². The number of aromatic nitrogens is 3. The van der Waals surface area contributed by atoms with Gasteiger partial charge in [0.1, 0.15) is 0 Å². The van der Waals surface area contributed by atoms with Gasteiger partial charge in [-0.25, -0.2) is 4.98 Å². The maximum atomic E-state index is 6.15. The average molecular weight is 477 g/mol. The predicted molar refractivity (Wildman–Crippen MR) is 151 cm³/mol. The summed E-state index contributed by atoms with van der Waals surface area (Å²) in [5.74, 6) is 1.30. The lowest BCUT2D eigenvalue weighted by molar-refractivity contribution is 1.08. The summed E-state index contributed by atoms with van der Waals surface area (Å²) in [6, 6.07) is 45.6. The van der Waals surface area contributed by atoms with Gasteiger partial charge in [0.2, 0.25) is 5.95 Å². The van der Waals surface area contributed by atoms with Crippen LogP contribution >= 0.6 is 0 Å². The van der Waals surface area contributed by atoms with E-state index in [4.69, 9.17) is 10.7 Å². The van der Waals surface area contributed by atoms with Crippen molar-refractivity contribution in [2.75, 3.05) is 5.73 Å². The second kappa shape index (κ2) is 9.88. The molecule has 0 unspecified atom stereocenters. The van der Waals surface area contributed by atoms with Crippen molar-refractivity contribution in [1.82, 2.24) is 15.0 Å². The lowest BCUT2D eigenvalue weighted by Crippen LogP contribution is -2.02. The van der Waals surface area contributed by atoms with Crippen LogP contribution in [0.25, 0.3) is 56.2 Å². The molecular formula is C33H24N4. The number of nitrogens with two attached hydrogens (primary N) is 1. The fourth-order valence-electron chi connectivity index (χ4n) is 4.47. The third-order valence-corrected chi connectivity index (χ3v) is 6.30. The topological polar surface area (TPSA) is 64.7 Å². The molecule has 1 heterocycles. The van der Waals surface area contributed by atoms with Crippen LogP contribution in [-0.4, -0.2) is 15.0 Å². The van der Waals surface area contributed by atoms with E-state index < -0.39 is 0 Å². The van der Waals surface area contributed by atoms with Crippen molar-refractivity contribution in [3.05, 3.63) is 133 Å². The molecule has 37 heavy (non-hydrogen) atoms. The smallest absolute Gasteiger partial charge is 0.224 e. The summed E-state index contributed by atoms with van der Waals surface area (Å²) < 4.78 is 0. The molecule has 5 aromatic carbocycles. The van der Waals surface area contributed by atoms with E-state index in [1.165, 1.54) is 11.1 Å². The maximum absolute atomic E-state index is 6.15. The predicted octanol–water partition coefficient (Wildman–Crippen LogP) is 7.79. The number of nitrogens with zero attached hydrogens (tertiary/aromatic N) is 3. The summed E-state index contributed by atoms with van der Waals surface area (Å²) in [7, 11) is 0. The first kappa shape index (κ1) is 22.4. The molecule has 0 amide bonds. The Morgan fingerprint density at radius 1 is 0.324 bits per heavy atom. The van der Waals surface area contributed by atoms with Crippen molar-refractivity contribution in [3.8, 4) is 56.2 Å². The number of benzene rings is 5. The van der Waals surface area contributed by atoms with Gasteiger partial charge in [-0.05, 0) is 51.6 Å². The second-order valence-electron chi connectivity index (χ2n) is 8.82. The molecule has 0 aliphatic carbocycles. The van der Waals surface area contributed by atoms with E-state index in [0.29, 0.717) is 11.6 Å². The minimum Gasteiger partial charge on any atom is -0.368 e. The monoisotopic (exact) mass is 476 g/mol. The van der Waals surface area contributed by atoms with Crippen LogP contribution < -0.4 is 5.73 Å². The van der Waals surface area contributed by atoms with Gasteiger partial charge in [-0.3, -0.25) is 0 Å².